The van der Waals surface area contributed by atoms with Crippen LogP contribution in [0.1, 0.15) is 17.3 Å². The van der Waals surface area contributed by atoms with Crippen LogP contribution in [0, 0.1) is 0 Å². The molecule has 0 unspecified atom stereocenters. The fourth-order valence-electron chi connectivity index (χ4n) is 1.48. The zero-order chi connectivity index (χ0) is 13.0. The highest BCUT2D eigenvalue weighted by atomic mass is 16.5. The molecule has 0 saturated heterocycles. The Bertz CT molecular complexity index is 537. The molecule has 0 aliphatic carbocycles. The zero-order valence-electron chi connectivity index (χ0n) is 10.2. The van der Waals surface area contributed by atoms with Crippen LogP contribution in [0.25, 0.3) is 5.69 Å². The van der Waals surface area contributed by atoms with Crippen molar-refractivity contribution in [3.63, 3.8) is 0 Å². The lowest BCUT2D eigenvalue weighted by Gasteiger charge is -1.99. The Morgan fingerprint density at radius 3 is 2.94 bits per heavy atom. The van der Waals surface area contributed by atoms with Crippen molar-refractivity contribution < 1.29 is 14.3 Å². The van der Waals surface area contributed by atoms with Crippen molar-refractivity contribution in [2.75, 3.05) is 13.7 Å². The molecular formula is C12H13N3O3. The smallest absolute Gasteiger partial charge is 0.345 e. The third kappa shape index (κ3) is 2.32. The van der Waals surface area contributed by atoms with E-state index in [1.165, 1.54) is 11.8 Å². The van der Waals surface area contributed by atoms with Gasteiger partial charge in [-0.05, 0) is 19.1 Å². The molecule has 0 radical (unpaired) electrons. The number of aromatic nitrogens is 3. The molecule has 0 spiro atoms. The van der Waals surface area contributed by atoms with Gasteiger partial charge in [-0.2, -0.15) is 0 Å². The molecule has 6 nitrogen and oxygen atoms in total. The number of pyridine rings is 1. The summed E-state index contributed by atoms with van der Waals surface area (Å²) >= 11 is 0. The maximum Gasteiger partial charge on any atom is 0.345 e. The summed E-state index contributed by atoms with van der Waals surface area (Å²) in [4.78, 5) is 15.7. The van der Waals surface area contributed by atoms with Crippen molar-refractivity contribution in [2.24, 2.45) is 0 Å². The lowest BCUT2D eigenvalue weighted by atomic mass is 10.3. The Labute approximate surface area is 104 Å². The van der Waals surface area contributed by atoms with Gasteiger partial charge in [-0.3, -0.25) is 4.98 Å². The van der Waals surface area contributed by atoms with Gasteiger partial charge < -0.3 is 9.47 Å². The van der Waals surface area contributed by atoms with Crippen molar-refractivity contribution >= 4 is 5.97 Å². The maximum atomic E-state index is 11.7. The van der Waals surface area contributed by atoms with Crippen molar-refractivity contribution in [3.05, 3.63) is 36.3 Å². The molecule has 2 aromatic heterocycles. The van der Waals surface area contributed by atoms with E-state index in [0.717, 1.165) is 5.69 Å². The second kappa shape index (κ2) is 5.31. The normalized spacial score (nSPS) is 10.1. The summed E-state index contributed by atoms with van der Waals surface area (Å²) < 4.78 is 11.5. The van der Waals surface area contributed by atoms with E-state index in [0.29, 0.717) is 12.2 Å². The van der Waals surface area contributed by atoms with Crippen LogP contribution in [0.15, 0.2) is 30.7 Å². The Balaban J connectivity index is 2.38. The predicted molar refractivity (Wildman–Crippen MR) is 63.9 cm³/mol. The molecule has 0 bridgehead atoms. The molecule has 0 N–H and O–H groups in total. The summed E-state index contributed by atoms with van der Waals surface area (Å²) in [6, 6.07) is 3.61. The summed E-state index contributed by atoms with van der Waals surface area (Å²) in [6.07, 6.45) is 4.87. The van der Waals surface area contributed by atoms with Crippen LogP contribution in [0.4, 0.5) is 0 Å². The van der Waals surface area contributed by atoms with Gasteiger partial charge in [-0.1, -0.05) is 0 Å². The Hall–Kier alpha value is -2.37. The average Bonchev–Trinajstić information content (AvgIpc) is 2.84. The summed E-state index contributed by atoms with van der Waals surface area (Å²) in [5.41, 5.74) is 1.04. The molecule has 2 rings (SSSR count). The number of nitrogens with zero attached hydrogens (tertiary/aromatic N) is 3. The van der Waals surface area contributed by atoms with Crippen molar-refractivity contribution in [3.8, 4) is 11.6 Å². The number of carbonyl (C=O) groups is 1. The molecule has 0 aliphatic rings. The van der Waals surface area contributed by atoms with Crippen molar-refractivity contribution in [1.82, 2.24) is 14.8 Å². The molecule has 0 fully saturated rings. The predicted octanol–water partition coefficient (Wildman–Crippen LogP) is 1.45. The quantitative estimate of drug-likeness (QED) is 0.765. The van der Waals surface area contributed by atoms with E-state index in [1.54, 1.807) is 31.6 Å². The fourth-order valence-corrected chi connectivity index (χ4v) is 1.48. The molecule has 2 aromatic rings. The minimum atomic E-state index is -0.454. The third-order valence-electron chi connectivity index (χ3n) is 2.28. The van der Waals surface area contributed by atoms with Crippen LogP contribution in [-0.4, -0.2) is 34.5 Å². The molecule has 0 atom stereocenters. The van der Waals surface area contributed by atoms with Gasteiger partial charge in [0, 0.05) is 12.4 Å². The van der Waals surface area contributed by atoms with E-state index in [4.69, 9.17) is 9.47 Å². The van der Waals surface area contributed by atoms with Crippen LogP contribution < -0.4 is 4.74 Å². The molecular weight excluding hydrogens is 234 g/mol. The summed E-state index contributed by atoms with van der Waals surface area (Å²) in [5.74, 6) is -0.221. The molecule has 0 saturated carbocycles. The van der Waals surface area contributed by atoms with E-state index in [-0.39, 0.29) is 5.88 Å². The number of carbonyl (C=O) groups excluding carboxylic acids is 1. The topological polar surface area (TPSA) is 66.2 Å². The van der Waals surface area contributed by atoms with Gasteiger partial charge >= 0.3 is 5.97 Å². The van der Waals surface area contributed by atoms with Gasteiger partial charge in [0.15, 0.2) is 0 Å². The second-order valence-corrected chi connectivity index (χ2v) is 3.43. The largest absolute Gasteiger partial charge is 0.479 e. The van der Waals surface area contributed by atoms with E-state index in [2.05, 4.69) is 10.1 Å². The lowest BCUT2D eigenvalue weighted by Crippen LogP contribution is -2.05. The number of methoxy groups -OCH3 is 1. The first-order valence-corrected chi connectivity index (χ1v) is 5.47. The molecule has 0 aromatic carbocycles. The van der Waals surface area contributed by atoms with E-state index in [1.807, 2.05) is 6.07 Å². The highest BCUT2D eigenvalue weighted by molar-refractivity contribution is 5.91. The third-order valence-corrected chi connectivity index (χ3v) is 2.28. The SMILES string of the molecule is CCOC(=O)c1cn(-c2cccnc2)nc1OC. The van der Waals surface area contributed by atoms with E-state index < -0.39 is 5.97 Å². The molecule has 18 heavy (non-hydrogen) atoms. The number of rotatable bonds is 4. The Kier molecular flexibility index (Phi) is 3.57. The summed E-state index contributed by atoms with van der Waals surface area (Å²) in [7, 11) is 1.46. The van der Waals surface area contributed by atoms with Gasteiger partial charge in [0.25, 0.3) is 0 Å². The minimum absolute atomic E-state index is 0.234. The monoisotopic (exact) mass is 247 g/mol. The van der Waals surface area contributed by atoms with Gasteiger partial charge in [0.2, 0.25) is 5.88 Å². The first-order valence-electron chi connectivity index (χ1n) is 5.47. The molecule has 0 amide bonds. The molecule has 2 heterocycles. The van der Waals surface area contributed by atoms with Crippen LogP contribution in [0.2, 0.25) is 0 Å². The van der Waals surface area contributed by atoms with Crippen LogP contribution >= 0.6 is 0 Å². The Morgan fingerprint density at radius 1 is 1.50 bits per heavy atom. The molecule has 0 aliphatic heterocycles. The standard InChI is InChI=1S/C12H13N3O3/c1-3-18-12(16)10-8-15(14-11(10)17-2)9-5-4-6-13-7-9/h4-8H,3H2,1-2H3. The molecule has 94 valence electrons. The number of ether oxygens (including phenoxy) is 2. The van der Waals surface area contributed by atoms with E-state index >= 15 is 0 Å². The van der Waals surface area contributed by atoms with Crippen molar-refractivity contribution in [2.45, 2.75) is 6.92 Å². The summed E-state index contributed by atoms with van der Waals surface area (Å²) in [6.45, 7) is 2.05. The molecule has 6 heteroatoms. The summed E-state index contributed by atoms with van der Waals surface area (Å²) in [5, 5.41) is 4.16. The first-order chi connectivity index (χ1) is 8.76. The highest BCUT2D eigenvalue weighted by Crippen LogP contribution is 2.19. The maximum absolute atomic E-state index is 11.7. The first kappa shape index (κ1) is 12.1. The average molecular weight is 247 g/mol. The number of hydrogen-bond acceptors (Lipinski definition) is 5. The van der Waals surface area contributed by atoms with Gasteiger partial charge in [-0.15, -0.1) is 5.10 Å². The number of hydrogen-bond donors (Lipinski definition) is 0. The highest BCUT2D eigenvalue weighted by Gasteiger charge is 2.18. The second-order valence-electron chi connectivity index (χ2n) is 3.43. The zero-order valence-corrected chi connectivity index (χ0v) is 10.2. The fraction of sp³-hybridized carbons (Fsp3) is 0.250. The lowest BCUT2D eigenvalue weighted by molar-refractivity contribution is 0.0522. The number of esters is 1. The van der Waals surface area contributed by atoms with Crippen LogP contribution in [0.3, 0.4) is 0 Å². The van der Waals surface area contributed by atoms with Gasteiger partial charge in [0.05, 0.1) is 25.6 Å². The van der Waals surface area contributed by atoms with E-state index in [9.17, 15) is 4.79 Å². The van der Waals surface area contributed by atoms with Crippen molar-refractivity contribution in [1.29, 1.82) is 0 Å². The Morgan fingerprint density at radius 2 is 2.33 bits per heavy atom. The van der Waals surface area contributed by atoms with Crippen LogP contribution in [0.5, 0.6) is 5.88 Å². The van der Waals surface area contributed by atoms with Gasteiger partial charge in [-0.25, -0.2) is 9.48 Å². The van der Waals surface area contributed by atoms with Gasteiger partial charge in [0.1, 0.15) is 5.56 Å². The minimum Gasteiger partial charge on any atom is -0.479 e. The van der Waals surface area contributed by atoms with Crippen LogP contribution in [-0.2, 0) is 4.74 Å².